The van der Waals surface area contributed by atoms with Crippen molar-refractivity contribution in [2.24, 2.45) is 0 Å². The number of nitrogens with one attached hydrogen (secondary N) is 1. The molecule has 1 atom stereocenters. The van der Waals surface area contributed by atoms with Crippen LogP contribution in [0.25, 0.3) is 22.4 Å². The molecule has 0 saturated heterocycles. The fourth-order valence-electron chi connectivity index (χ4n) is 3.22. The molecular formula is C23H21ClN4O3. The molecule has 0 aliphatic heterocycles. The molecule has 0 aliphatic rings. The molecule has 158 valence electrons. The summed E-state index contributed by atoms with van der Waals surface area (Å²) in [5.41, 5.74) is 2.76. The number of anilines is 1. The number of halogens is 1. The maximum atomic E-state index is 12.3. The number of carbonyl (C=O) groups is 1. The first kappa shape index (κ1) is 20.8. The van der Waals surface area contributed by atoms with Gasteiger partial charge in [-0.1, -0.05) is 66.1 Å². The molecule has 4 aromatic rings. The van der Waals surface area contributed by atoms with Crippen molar-refractivity contribution in [3.63, 3.8) is 0 Å². The maximum absolute atomic E-state index is 12.3. The van der Waals surface area contributed by atoms with Gasteiger partial charge in [-0.15, -0.1) is 0 Å². The van der Waals surface area contributed by atoms with Crippen molar-refractivity contribution in [1.82, 2.24) is 15.1 Å². The zero-order chi connectivity index (χ0) is 21.8. The Morgan fingerprint density at radius 2 is 1.87 bits per heavy atom. The van der Waals surface area contributed by atoms with Gasteiger partial charge >= 0.3 is 5.97 Å². The lowest BCUT2D eigenvalue weighted by molar-refractivity contribution is 0.0512. The Balaban J connectivity index is 1.74. The van der Waals surface area contributed by atoms with E-state index in [1.807, 2.05) is 30.3 Å². The van der Waals surface area contributed by atoms with Gasteiger partial charge in [0.2, 0.25) is 5.82 Å². The van der Waals surface area contributed by atoms with Crippen LogP contribution < -0.4 is 5.32 Å². The van der Waals surface area contributed by atoms with E-state index in [1.54, 1.807) is 19.1 Å². The van der Waals surface area contributed by atoms with Gasteiger partial charge in [0.25, 0.3) is 5.71 Å². The quantitative estimate of drug-likeness (QED) is 0.391. The summed E-state index contributed by atoms with van der Waals surface area (Å²) in [4.78, 5) is 20.9. The summed E-state index contributed by atoms with van der Waals surface area (Å²) in [5, 5.41) is 8.73. The fourth-order valence-corrected chi connectivity index (χ4v) is 3.35. The second kappa shape index (κ2) is 9.14. The molecule has 7 nitrogen and oxygen atoms in total. The molecule has 0 fully saturated rings. The molecule has 0 saturated carbocycles. The molecule has 2 heterocycles. The number of ether oxygens (including phenoxy) is 1. The minimum atomic E-state index is -0.618. The molecule has 0 spiro atoms. The third-order valence-corrected chi connectivity index (χ3v) is 5.11. The van der Waals surface area contributed by atoms with Crippen molar-refractivity contribution in [2.45, 2.75) is 19.8 Å². The Morgan fingerprint density at radius 1 is 1.13 bits per heavy atom. The van der Waals surface area contributed by atoms with Crippen LogP contribution in [0.3, 0.4) is 0 Å². The number of rotatable bonds is 7. The number of hydrogen-bond donors (Lipinski definition) is 1. The van der Waals surface area contributed by atoms with Crippen LogP contribution in [0.15, 0.2) is 59.1 Å². The number of hydrogen-bond acceptors (Lipinski definition) is 7. The van der Waals surface area contributed by atoms with Gasteiger partial charge in [-0.05, 0) is 30.5 Å². The van der Waals surface area contributed by atoms with E-state index < -0.39 is 5.97 Å². The SMILES string of the molecule is CCOC(=O)c1nc(NC[C@@H](C)c2ccccc2)c2c(-c3ccc(Cl)cc3)noc2n1. The molecule has 0 radical (unpaired) electrons. The Morgan fingerprint density at radius 3 is 2.58 bits per heavy atom. The third-order valence-electron chi connectivity index (χ3n) is 4.86. The van der Waals surface area contributed by atoms with Gasteiger partial charge in [-0.2, -0.15) is 4.98 Å². The van der Waals surface area contributed by atoms with E-state index in [4.69, 9.17) is 20.9 Å². The Bertz CT molecular complexity index is 1190. The predicted octanol–water partition coefficient (Wildman–Crippen LogP) is 5.33. The van der Waals surface area contributed by atoms with E-state index in [1.165, 1.54) is 5.56 Å². The van der Waals surface area contributed by atoms with Gasteiger partial charge in [-0.3, -0.25) is 0 Å². The van der Waals surface area contributed by atoms with Crippen LogP contribution in [0.2, 0.25) is 5.02 Å². The zero-order valence-corrected chi connectivity index (χ0v) is 17.9. The van der Waals surface area contributed by atoms with Crippen LogP contribution in [-0.2, 0) is 4.74 Å². The summed E-state index contributed by atoms with van der Waals surface area (Å²) in [5.74, 6) is -0.0332. The average molecular weight is 437 g/mol. The van der Waals surface area contributed by atoms with Crippen molar-refractivity contribution in [3.05, 3.63) is 71.0 Å². The van der Waals surface area contributed by atoms with Crippen molar-refractivity contribution in [2.75, 3.05) is 18.5 Å². The van der Waals surface area contributed by atoms with Crippen molar-refractivity contribution in [1.29, 1.82) is 0 Å². The molecule has 0 aliphatic carbocycles. The highest BCUT2D eigenvalue weighted by Crippen LogP contribution is 2.33. The second-order valence-electron chi connectivity index (χ2n) is 7.03. The smallest absolute Gasteiger partial charge is 0.376 e. The molecule has 0 bridgehead atoms. The molecule has 1 N–H and O–H groups in total. The number of aromatic nitrogens is 3. The molecule has 2 aromatic carbocycles. The average Bonchev–Trinajstić information content (AvgIpc) is 3.22. The van der Waals surface area contributed by atoms with Gasteiger partial charge in [0.15, 0.2) is 0 Å². The monoisotopic (exact) mass is 436 g/mol. The molecule has 8 heteroatoms. The topological polar surface area (TPSA) is 90.1 Å². The number of fused-ring (bicyclic) bond motifs is 1. The first-order valence-electron chi connectivity index (χ1n) is 9.96. The molecule has 31 heavy (non-hydrogen) atoms. The Kier molecular flexibility index (Phi) is 6.13. The van der Waals surface area contributed by atoms with E-state index >= 15 is 0 Å². The number of carbonyl (C=O) groups excluding carboxylic acids is 1. The van der Waals surface area contributed by atoms with Crippen LogP contribution in [0, 0.1) is 0 Å². The minimum absolute atomic E-state index is 0.0805. The van der Waals surface area contributed by atoms with Gasteiger partial charge in [0.1, 0.15) is 16.9 Å². The second-order valence-corrected chi connectivity index (χ2v) is 7.46. The fraction of sp³-hybridized carbons (Fsp3) is 0.217. The molecule has 4 rings (SSSR count). The van der Waals surface area contributed by atoms with E-state index in [-0.39, 0.29) is 24.1 Å². The third kappa shape index (κ3) is 4.51. The highest BCUT2D eigenvalue weighted by Gasteiger charge is 2.22. The van der Waals surface area contributed by atoms with Crippen molar-refractivity contribution in [3.8, 4) is 11.3 Å². The maximum Gasteiger partial charge on any atom is 0.376 e. The predicted molar refractivity (Wildman–Crippen MR) is 119 cm³/mol. The van der Waals surface area contributed by atoms with Crippen LogP contribution >= 0.6 is 11.6 Å². The highest BCUT2D eigenvalue weighted by molar-refractivity contribution is 6.30. The normalized spacial score (nSPS) is 12.0. The van der Waals surface area contributed by atoms with E-state index in [0.717, 1.165) is 5.56 Å². The Labute approximate surface area is 184 Å². The minimum Gasteiger partial charge on any atom is -0.460 e. The highest BCUT2D eigenvalue weighted by atomic mass is 35.5. The molecule has 2 aromatic heterocycles. The van der Waals surface area contributed by atoms with E-state index in [0.29, 0.717) is 28.5 Å². The number of benzene rings is 2. The summed E-state index contributed by atoms with van der Waals surface area (Å²) >= 11 is 6.02. The summed E-state index contributed by atoms with van der Waals surface area (Å²) in [6, 6.07) is 17.4. The Hall–Kier alpha value is -3.45. The van der Waals surface area contributed by atoms with Gasteiger partial charge in [0.05, 0.1) is 6.61 Å². The van der Waals surface area contributed by atoms with Crippen LogP contribution in [-0.4, -0.2) is 34.2 Å². The largest absolute Gasteiger partial charge is 0.460 e. The van der Waals surface area contributed by atoms with E-state index in [2.05, 4.69) is 39.5 Å². The lowest BCUT2D eigenvalue weighted by Crippen LogP contribution is -2.15. The van der Waals surface area contributed by atoms with Gasteiger partial charge in [-0.25, -0.2) is 9.78 Å². The van der Waals surface area contributed by atoms with Gasteiger partial charge < -0.3 is 14.6 Å². The lowest BCUT2D eigenvalue weighted by atomic mass is 10.0. The lowest BCUT2D eigenvalue weighted by Gasteiger charge is -2.14. The summed E-state index contributed by atoms with van der Waals surface area (Å²) in [6.07, 6.45) is 0. The molecule has 0 unspecified atom stereocenters. The van der Waals surface area contributed by atoms with Gasteiger partial charge in [0, 0.05) is 17.1 Å². The number of nitrogens with zero attached hydrogens (tertiary/aromatic N) is 3. The zero-order valence-electron chi connectivity index (χ0n) is 17.1. The van der Waals surface area contributed by atoms with Crippen molar-refractivity contribution >= 4 is 34.5 Å². The molecular weight excluding hydrogens is 416 g/mol. The van der Waals surface area contributed by atoms with Crippen molar-refractivity contribution < 1.29 is 14.1 Å². The summed E-state index contributed by atoms with van der Waals surface area (Å²) < 4.78 is 10.5. The van der Waals surface area contributed by atoms with Crippen LogP contribution in [0.5, 0.6) is 0 Å². The molecule has 0 amide bonds. The summed E-state index contributed by atoms with van der Waals surface area (Å²) in [6.45, 7) is 4.65. The van der Waals surface area contributed by atoms with Crippen LogP contribution in [0.4, 0.5) is 5.82 Å². The standard InChI is InChI=1S/C23H21ClN4O3/c1-3-30-23(29)21-26-20(25-13-14(2)15-7-5-4-6-8-15)18-19(28-31-22(18)27-21)16-9-11-17(24)12-10-16/h4-12,14H,3,13H2,1-2H3,(H,25,26,27)/t14-/m1/s1. The van der Waals surface area contributed by atoms with E-state index in [9.17, 15) is 4.79 Å². The summed E-state index contributed by atoms with van der Waals surface area (Å²) in [7, 11) is 0. The first-order valence-corrected chi connectivity index (χ1v) is 10.3. The first-order chi connectivity index (χ1) is 15.1. The van der Waals surface area contributed by atoms with Crippen LogP contribution in [0.1, 0.15) is 35.9 Å². The number of esters is 1.